The van der Waals surface area contributed by atoms with Gasteiger partial charge in [0, 0.05) is 7.05 Å². The van der Waals surface area contributed by atoms with Crippen molar-refractivity contribution in [3.05, 3.63) is 0 Å². The van der Waals surface area contributed by atoms with Crippen molar-refractivity contribution < 1.29 is 14.3 Å². The van der Waals surface area contributed by atoms with Crippen LogP contribution >= 0.6 is 0 Å². The van der Waals surface area contributed by atoms with E-state index < -0.39 is 0 Å². The lowest BCUT2D eigenvalue weighted by Gasteiger charge is -2.09. The first-order chi connectivity index (χ1) is 4.91. The molecule has 10 heavy (non-hydrogen) atoms. The summed E-state index contributed by atoms with van der Waals surface area (Å²) in [5.41, 5.74) is 0. The Hall–Kier alpha value is -0.610. The van der Waals surface area contributed by atoms with Crippen molar-refractivity contribution in [3.8, 4) is 0 Å². The predicted octanol–water partition coefficient (Wildman–Crippen LogP) is -0.605. The topological polar surface area (TPSA) is 47.6 Å². The average molecular weight is 147 g/mol. The second-order valence-electron chi connectivity index (χ2n) is 1.63. The van der Waals surface area contributed by atoms with Crippen LogP contribution in [0.1, 0.15) is 0 Å². The van der Waals surface area contributed by atoms with Crippen LogP contribution in [0, 0.1) is 0 Å². The monoisotopic (exact) mass is 147 g/mol. The second kappa shape index (κ2) is 8.39. The maximum atomic E-state index is 9.06. The van der Waals surface area contributed by atoms with Crippen LogP contribution < -0.4 is 5.32 Å². The molecule has 60 valence electrons. The number of nitrogens with one attached hydrogen (secondary N) is 1. The van der Waals surface area contributed by atoms with Crippen LogP contribution in [0.2, 0.25) is 0 Å². The molecule has 1 fully saturated rings. The van der Waals surface area contributed by atoms with E-state index in [2.05, 4.69) is 5.32 Å². The Kier molecular flexibility index (Phi) is 7.88. The molecule has 1 N–H and O–H groups in total. The Labute approximate surface area is 60.5 Å². The first-order valence-electron chi connectivity index (χ1n) is 3.18. The minimum atomic E-state index is 0.625. The number of hydrogen-bond acceptors (Lipinski definition) is 3. The molecule has 4 heteroatoms. The Morgan fingerprint density at radius 3 is 1.60 bits per heavy atom. The van der Waals surface area contributed by atoms with Gasteiger partial charge in [-0.25, -0.2) is 0 Å². The summed E-state index contributed by atoms with van der Waals surface area (Å²) in [5, 5.41) is 2.25. The highest BCUT2D eigenvalue weighted by Gasteiger charge is 1.94. The largest absolute Gasteiger partial charge is 0.377 e. The van der Waals surface area contributed by atoms with E-state index in [1.54, 1.807) is 7.05 Å². The SMILES string of the molecule is C1COCCO1.CNC=O. The summed E-state index contributed by atoms with van der Waals surface area (Å²) in [6, 6.07) is 0. The first-order valence-corrected chi connectivity index (χ1v) is 3.18. The summed E-state index contributed by atoms with van der Waals surface area (Å²) >= 11 is 0. The third-order valence-corrected chi connectivity index (χ3v) is 0.862. The normalized spacial score (nSPS) is 16.5. The molecule has 0 unspecified atom stereocenters. The summed E-state index contributed by atoms with van der Waals surface area (Å²) in [4.78, 5) is 9.06. The third kappa shape index (κ3) is 7.39. The number of ether oxygens (including phenoxy) is 2. The van der Waals surface area contributed by atoms with Crippen molar-refractivity contribution in [1.29, 1.82) is 0 Å². The lowest BCUT2D eigenvalue weighted by atomic mass is 10.6. The van der Waals surface area contributed by atoms with E-state index in [0.717, 1.165) is 26.4 Å². The number of carbonyl (C=O) groups excluding carboxylic acids is 1. The van der Waals surface area contributed by atoms with E-state index in [1.807, 2.05) is 0 Å². The number of amides is 1. The lowest BCUT2D eigenvalue weighted by molar-refractivity contribution is -0.109. The van der Waals surface area contributed by atoms with Crippen molar-refractivity contribution in [2.24, 2.45) is 0 Å². The van der Waals surface area contributed by atoms with Crippen LogP contribution in [0.4, 0.5) is 0 Å². The van der Waals surface area contributed by atoms with E-state index in [0.29, 0.717) is 6.41 Å². The summed E-state index contributed by atoms with van der Waals surface area (Å²) in [6.07, 6.45) is 0.625. The zero-order valence-electron chi connectivity index (χ0n) is 6.13. The lowest BCUT2D eigenvalue weighted by Crippen LogP contribution is -2.16. The highest BCUT2D eigenvalue weighted by atomic mass is 16.6. The molecule has 1 saturated heterocycles. The van der Waals surface area contributed by atoms with Gasteiger partial charge in [-0.05, 0) is 0 Å². The van der Waals surface area contributed by atoms with Gasteiger partial charge in [0.2, 0.25) is 6.41 Å². The van der Waals surface area contributed by atoms with Crippen LogP contribution in [0.25, 0.3) is 0 Å². The maximum absolute atomic E-state index is 9.06. The summed E-state index contributed by atoms with van der Waals surface area (Å²) in [5.74, 6) is 0. The molecule has 0 saturated carbocycles. The van der Waals surface area contributed by atoms with Gasteiger partial charge in [0.25, 0.3) is 0 Å². The maximum Gasteiger partial charge on any atom is 0.206 e. The summed E-state index contributed by atoms with van der Waals surface area (Å²) < 4.78 is 9.89. The van der Waals surface area contributed by atoms with E-state index in [4.69, 9.17) is 14.3 Å². The average Bonchev–Trinajstić information content (AvgIpc) is 2.08. The minimum absolute atomic E-state index is 0.625. The van der Waals surface area contributed by atoms with Crippen LogP contribution in [0.15, 0.2) is 0 Å². The summed E-state index contributed by atoms with van der Waals surface area (Å²) in [6.45, 7) is 3.11. The van der Waals surface area contributed by atoms with Gasteiger partial charge < -0.3 is 14.8 Å². The first kappa shape index (κ1) is 9.39. The molecule has 1 heterocycles. The molecule has 0 aromatic rings. The van der Waals surface area contributed by atoms with Gasteiger partial charge in [0.1, 0.15) is 0 Å². The molecule has 0 atom stereocenters. The van der Waals surface area contributed by atoms with Crippen LogP contribution in [-0.4, -0.2) is 39.9 Å². The van der Waals surface area contributed by atoms with Crippen LogP contribution in [-0.2, 0) is 14.3 Å². The van der Waals surface area contributed by atoms with Crippen LogP contribution in [0.5, 0.6) is 0 Å². The molecular weight excluding hydrogens is 134 g/mol. The fourth-order valence-corrected chi connectivity index (χ4v) is 0.440. The van der Waals surface area contributed by atoms with E-state index >= 15 is 0 Å². The van der Waals surface area contributed by atoms with E-state index in [9.17, 15) is 0 Å². The predicted molar refractivity (Wildman–Crippen MR) is 36.8 cm³/mol. The smallest absolute Gasteiger partial charge is 0.206 e. The molecular formula is C6H13NO3. The van der Waals surface area contributed by atoms with Gasteiger partial charge >= 0.3 is 0 Å². The van der Waals surface area contributed by atoms with Crippen molar-refractivity contribution >= 4 is 6.41 Å². The van der Waals surface area contributed by atoms with Crippen molar-refractivity contribution in [2.45, 2.75) is 0 Å². The van der Waals surface area contributed by atoms with Crippen LogP contribution in [0.3, 0.4) is 0 Å². The highest BCUT2D eigenvalue weighted by molar-refractivity contribution is 5.44. The van der Waals surface area contributed by atoms with Gasteiger partial charge in [-0.2, -0.15) is 0 Å². The van der Waals surface area contributed by atoms with Gasteiger partial charge in [0.15, 0.2) is 0 Å². The summed E-state index contributed by atoms with van der Waals surface area (Å²) in [7, 11) is 1.56. The van der Waals surface area contributed by atoms with E-state index in [1.165, 1.54) is 0 Å². The molecule has 1 rings (SSSR count). The third-order valence-electron chi connectivity index (χ3n) is 0.862. The minimum Gasteiger partial charge on any atom is -0.377 e. The van der Waals surface area contributed by atoms with Gasteiger partial charge in [-0.15, -0.1) is 0 Å². The van der Waals surface area contributed by atoms with Crippen molar-refractivity contribution in [3.63, 3.8) is 0 Å². The Balaban J connectivity index is 0.000000180. The molecule has 0 radical (unpaired) electrons. The quantitative estimate of drug-likeness (QED) is 0.503. The molecule has 1 amide bonds. The Morgan fingerprint density at radius 2 is 1.50 bits per heavy atom. The van der Waals surface area contributed by atoms with Crippen molar-refractivity contribution in [1.82, 2.24) is 5.32 Å². The van der Waals surface area contributed by atoms with Gasteiger partial charge in [-0.1, -0.05) is 0 Å². The molecule has 0 aromatic carbocycles. The van der Waals surface area contributed by atoms with Gasteiger partial charge in [0.05, 0.1) is 26.4 Å². The Morgan fingerprint density at radius 1 is 1.20 bits per heavy atom. The number of hydrogen-bond donors (Lipinski definition) is 1. The number of rotatable bonds is 1. The molecule has 0 bridgehead atoms. The van der Waals surface area contributed by atoms with Crippen molar-refractivity contribution in [2.75, 3.05) is 33.5 Å². The fourth-order valence-electron chi connectivity index (χ4n) is 0.440. The highest BCUT2D eigenvalue weighted by Crippen LogP contribution is 1.85. The molecule has 4 nitrogen and oxygen atoms in total. The zero-order chi connectivity index (χ0) is 7.66. The second-order valence-corrected chi connectivity index (χ2v) is 1.63. The fraction of sp³-hybridized carbons (Fsp3) is 0.833. The Bertz CT molecular complexity index is 61.9. The molecule has 0 aromatic heterocycles. The molecule has 1 aliphatic rings. The molecule has 0 aliphatic carbocycles. The standard InChI is InChI=1S/C4H8O2.C2H5NO/c1-2-6-4-3-5-1;1-3-2-4/h1-4H2;2H,1H3,(H,3,4). The molecule has 0 spiro atoms. The van der Waals surface area contributed by atoms with E-state index in [-0.39, 0.29) is 0 Å². The number of carbonyl (C=O) groups is 1. The molecule has 1 aliphatic heterocycles. The zero-order valence-corrected chi connectivity index (χ0v) is 6.13. The van der Waals surface area contributed by atoms with Gasteiger partial charge in [-0.3, -0.25) is 4.79 Å².